The van der Waals surface area contributed by atoms with Crippen molar-refractivity contribution in [3.8, 4) is 0 Å². The third-order valence-corrected chi connectivity index (χ3v) is 1.78. The highest BCUT2D eigenvalue weighted by Crippen LogP contribution is 2.06. The van der Waals surface area contributed by atoms with Crippen molar-refractivity contribution in [2.75, 3.05) is 0 Å². The number of rotatable bonds is 3. The lowest BCUT2D eigenvalue weighted by Gasteiger charge is -2.01. The van der Waals surface area contributed by atoms with Crippen LogP contribution in [0.25, 0.3) is 0 Å². The molecule has 1 aromatic rings. The van der Waals surface area contributed by atoms with Crippen LogP contribution in [0, 0.1) is 0 Å². The first kappa shape index (κ1) is 13.6. The Hall–Kier alpha value is -1.38. The highest BCUT2D eigenvalue weighted by atomic mass is 19.1. The van der Waals surface area contributed by atoms with Crippen molar-refractivity contribution in [1.29, 1.82) is 0 Å². The number of carbonyl (C=O) groups is 1. The average Bonchev–Trinajstić information content (AvgIpc) is 2.30. The topological polar surface area (TPSA) is 26.3 Å². The van der Waals surface area contributed by atoms with E-state index in [-0.39, 0.29) is 6.61 Å². The molecular weight excluding hydrogens is 195 g/mol. The van der Waals surface area contributed by atoms with Gasteiger partial charge in [-0.1, -0.05) is 45.0 Å². The summed E-state index contributed by atoms with van der Waals surface area (Å²) in [6, 6.07) is 7.51. The molecule has 0 spiro atoms. The highest BCUT2D eigenvalue weighted by molar-refractivity contribution is 5.57. The summed E-state index contributed by atoms with van der Waals surface area (Å²) in [5.41, 5.74) is 2.00. The van der Waals surface area contributed by atoms with E-state index in [2.05, 4.69) is 11.7 Å². The normalized spacial score (nSPS) is 8.80. The van der Waals surface area contributed by atoms with Gasteiger partial charge in [0.2, 0.25) is 0 Å². The molecular formula is C12H17FO2. The Morgan fingerprint density at radius 2 is 1.67 bits per heavy atom. The first-order valence-corrected chi connectivity index (χ1v) is 5.12. The van der Waals surface area contributed by atoms with Gasteiger partial charge in [-0.15, -0.1) is 4.39 Å². The summed E-state index contributed by atoms with van der Waals surface area (Å²) < 4.78 is 15.9. The Bertz CT molecular complexity index is 280. The molecule has 0 aliphatic heterocycles. The number of carbonyl (C=O) groups excluding carboxylic acids is 1. The van der Waals surface area contributed by atoms with Crippen LogP contribution in [0.2, 0.25) is 0 Å². The fourth-order valence-electron chi connectivity index (χ4n) is 1.01. The third-order valence-electron chi connectivity index (χ3n) is 1.78. The minimum atomic E-state index is -1.74. The fraction of sp³-hybridized carbons (Fsp3) is 0.417. The van der Waals surface area contributed by atoms with Gasteiger partial charge in [-0.3, -0.25) is 0 Å². The minimum Gasteiger partial charge on any atom is -0.435 e. The summed E-state index contributed by atoms with van der Waals surface area (Å²) in [6.45, 7) is 6.05. The highest BCUT2D eigenvalue weighted by Gasteiger charge is 1.98. The lowest BCUT2D eigenvalue weighted by molar-refractivity contribution is 0.114. The van der Waals surface area contributed by atoms with Gasteiger partial charge in [0.1, 0.15) is 6.61 Å². The molecule has 0 aromatic heterocycles. The SMILES string of the molecule is CC.CCc1ccc(COC(=O)F)cc1. The second-order valence-electron chi connectivity index (χ2n) is 2.70. The molecule has 0 aliphatic rings. The molecule has 0 amide bonds. The molecule has 2 nitrogen and oxygen atoms in total. The van der Waals surface area contributed by atoms with E-state index in [0.717, 1.165) is 12.0 Å². The van der Waals surface area contributed by atoms with E-state index in [0.29, 0.717) is 0 Å². The lowest BCUT2D eigenvalue weighted by Crippen LogP contribution is -1.95. The van der Waals surface area contributed by atoms with Gasteiger partial charge in [-0.25, -0.2) is 4.79 Å². The molecule has 0 unspecified atom stereocenters. The summed E-state index contributed by atoms with van der Waals surface area (Å²) in [5.74, 6) is 0. The number of hydrogen-bond acceptors (Lipinski definition) is 2. The minimum absolute atomic E-state index is 0.000667. The van der Waals surface area contributed by atoms with Gasteiger partial charge in [0.25, 0.3) is 0 Å². The molecule has 0 heterocycles. The van der Waals surface area contributed by atoms with Crippen LogP contribution >= 0.6 is 0 Å². The zero-order chi connectivity index (χ0) is 11.7. The van der Waals surface area contributed by atoms with Gasteiger partial charge >= 0.3 is 6.22 Å². The molecule has 1 aromatic carbocycles. The van der Waals surface area contributed by atoms with E-state index in [1.54, 1.807) is 0 Å². The van der Waals surface area contributed by atoms with Gasteiger partial charge in [-0.05, 0) is 17.5 Å². The van der Waals surface area contributed by atoms with Gasteiger partial charge in [0.05, 0.1) is 0 Å². The molecule has 0 aliphatic carbocycles. The zero-order valence-corrected chi connectivity index (χ0v) is 9.42. The van der Waals surface area contributed by atoms with Crippen LogP contribution in [-0.4, -0.2) is 6.22 Å². The molecule has 3 heteroatoms. The van der Waals surface area contributed by atoms with Crippen LogP contribution in [-0.2, 0) is 17.8 Å². The van der Waals surface area contributed by atoms with Crippen LogP contribution in [0.3, 0.4) is 0 Å². The van der Waals surface area contributed by atoms with Crippen molar-refractivity contribution < 1.29 is 13.9 Å². The quantitative estimate of drug-likeness (QED) is 0.711. The average molecular weight is 212 g/mol. The van der Waals surface area contributed by atoms with Crippen LogP contribution in [0.4, 0.5) is 9.18 Å². The monoisotopic (exact) mass is 212 g/mol. The molecule has 0 atom stereocenters. The number of aryl methyl sites for hydroxylation is 1. The smallest absolute Gasteiger partial charge is 0.435 e. The van der Waals surface area contributed by atoms with E-state index < -0.39 is 6.22 Å². The maximum absolute atomic E-state index is 11.7. The van der Waals surface area contributed by atoms with Crippen LogP contribution in [0.15, 0.2) is 24.3 Å². The molecule has 0 radical (unpaired) electrons. The summed E-state index contributed by atoms with van der Waals surface area (Å²) in [7, 11) is 0. The van der Waals surface area contributed by atoms with Crippen molar-refractivity contribution >= 4 is 6.22 Å². The summed E-state index contributed by atoms with van der Waals surface area (Å²) in [5, 5.41) is 0. The molecule has 1 rings (SSSR count). The Morgan fingerprint density at radius 3 is 2.07 bits per heavy atom. The van der Waals surface area contributed by atoms with Crippen molar-refractivity contribution in [2.45, 2.75) is 33.8 Å². The van der Waals surface area contributed by atoms with E-state index in [1.807, 2.05) is 38.1 Å². The first-order chi connectivity index (χ1) is 7.22. The molecule has 0 saturated carbocycles. The second kappa shape index (κ2) is 7.97. The van der Waals surface area contributed by atoms with E-state index in [4.69, 9.17) is 0 Å². The predicted molar refractivity (Wildman–Crippen MR) is 58.5 cm³/mol. The van der Waals surface area contributed by atoms with E-state index in [1.165, 1.54) is 5.56 Å². The Labute approximate surface area is 90.1 Å². The van der Waals surface area contributed by atoms with E-state index in [9.17, 15) is 9.18 Å². The van der Waals surface area contributed by atoms with Gasteiger partial charge in [0, 0.05) is 0 Å². The molecule has 0 fully saturated rings. The fourth-order valence-corrected chi connectivity index (χ4v) is 1.01. The Kier molecular flexibility index (Phi) is 7.24. The molecule has 84 valence electrons. The summed E-state index contributed by atoms with van der Waals surface area (Å²) in [4.78, 5) is 9.85. The van der Waals surface area contributed by atoms with Crippen LogP contribution < -0.4 is 0 Å². The molecule has 0 bridgehead atoms. The lowest BCUT2D eigenvalue weighted by atomic mass is 10.1. The largest absolute Gasteiger partial charge is 0.495 e. The number of halogens is 1. The summed E-state index contributed by atoms with van der Waals surface area (Å²) in [6.07, 6.45) is -0.775. The number of ether oxygens (including phenoxy) is 1. The maximum atomic E-state index is 11.7. The predicted octanol–water partition coefficient (Wildman–Crippen LogP) is 3.88. The third kappa shape index (κ3) is 5.83. The van der Waals surface area contributed by atoms with Gasteiger partial charge < -0.3 is 4.74 Å². The Morgan fingerprint density at radius 1 is 1.20 bits per heavy atom. The zero-order valence-electron chi connectivity index (χ0n) is 9.42. The number of benzene rings is 1. The van der Waals surface area contributed by atoms with Gasteiger partial charge in [0.15, 0.2) is 0 Å². The van der Waals surface area contributed by atoms with E-state index >= 15 is 0 Å². The maximum Gasteiger partial charge on any atom is 0.495 e. The first-order valence-electron chi connectivity index (χ1n) is 5.12. The second-order valence-corrected chi connectivity index (χ2v) is 2.70. The number of hydrogen-bond donors (Lipinski definition) is 0. The van der Waals surface area contributed by atoms with Crippen molar-refractivity contribution in [3.63, 3.8) is 0 Å². The standard InChI is InChI=1S/C10H11FO2.C2H6/c1-2-8-3-5-9(6-4-8)7-13-10(11)12;1-2/h3-6H,2,7H2,1H3;1-2H3. The summed E-state index contributed by atoms with van der Waals surface area (Å²) >= 11 is 0. The van der Waals surface area contributed by atoms with Crippen molar-refractivity contribution in [1.82, 2.24) is 0 Å². The van der Waals surface area contributed by atoms with Crippen molar-refractivity contribution in [3.05, 3.63) is 35.4 Å². The van der Waals surface area contributed by atoms with Crippen LogP contribution in [0.5, 0.6) is 0 Å². The van der Waals surface area contributed by atoms with Crippen molar-refractivity contribution in [2.24, 2.45) is 0 Å². The van der Waals surface area contributed by atoms with Gasteiger partial charge in [-0.2, -0.15) is 0 Å². The Balaban J connectivity index is 0.000000921. The molecule has 0 N–H and O–H groups in total. The molecule has 0 saturated heterocycles. The molecule has 15 heavy (non-hydrogen) atoms. The van der Waals surface area contributed by atoms with Crippen LogP contribution in [0.1, 0.15) is 31.9 Å².